The number of carbonyl (C=O) groups excluding carboxylic acids is 1. The number of nitrogens with one attached hydrogen (secondary N) is 2. The Bertz CT molecular complexity index is 648. The summed E-state index contributed by atoms with van der Waals surface area (Å²) in [6, 6.07) is 2.99. The van der Waals surface area contributed by atoms with Crippen LogP contribution < -0.4 is 10.0 Å². The van der Waals surface area contributed by atoms with E-state index in [2.05, 4.69) is 15.0 Å². The Morgan fingerprint density at radius 2 is 1.83 bits per heavy atom. The van der Waals surface area contributed by atoms with E-state index >= 15 is 0 Å². The lowest BCUT2D eigenvalue weighted by Gasteiger charge is -2.30. The van der Waals surface area contributed by atoms with Gasteiger partial charge in [0.15, 0.2) is 0 Å². The van der Waals surface area contributed by atoms with Gasteiger partial charge in [0.1, 0.15) is 10.5 Å². The molecule has 134 valence electrons. The summed E-state index contributed by atoms with van der Waals surface area (Å²) in [5.74, 6) is 0. The van der Waals surface area contributed by atoms with E-state index in [0.717, 1.165) is 0 Å². The predicted octanol–water partition coefficient (Wildman–Crippen LogP) is 2.20. The molecule has 7 nitrogen and oxygen atoms in total. The molecular weight excluding hydrogens is 330 g/mol. The van der Waals surface area contributed by atoms with Crippen molar-refractivity contribution in [3.63, 3.8) is 0 Å². The van der Waals surface area contributed by atoms with Crippen LogP contribution in [0.15, 0.2) is 29.4 Å². The minimum atomic E-state index is -3.55. The van der Waals surface area contributed by atoms with Gasteiger partial charge in [-0.1, -0.05) is 0 Å². The van der Waals surface area contributed by atoms with E-state index in [1.165, 1.54) is 18.5 Å². The van der Waals surface area contributed by atoms with Crippen LogP contribution in [0.3, 0.4) is 0 Å². The minimum absolute atomic E-state index is 0.0130. The monoisotopic (exact) mass is 355 g/mol. The molecule has 1 heterocycles. The number of aromatic nitrogens is 1. The molecule has 0 aliphatic heterocycles. The first kappa shape index (κ1) is 18.7. The fraction of sp³-hybridized carbons (Fsp3) is 0.625. The molecule has 0 unspecified atom stereocenters. The maximum atomic E-state index is 12.3. The predicted molar refractivity (Wildman–Crippen MR) is 90.0 cm³/mol. The molecule has 0 bridgehead atoms. The summed E-state index contributed by atoms with van der Waals surface area (Å²) < 4.78 is 32.5. The summed E-state index contributed by atoms with van der Waals surface area (Å²) in [5.41, 5.74) is -0.527. The molecule has 2 N–H and O–H groups in total. The highest BCUT2D eigenvalue weighted by molar-refractivity contribution is 7.89. The normalized spacial score (nSPS) is 22.0. The van der Waals surface area contributed by atoms with Crippen LogP contribution in [0.5, 0.6) is 0 Å². The highest BCUT2D eigenvalue weighted by Crippen LogP contribution is 2.21. The maximum absolute atomic E-state index is 12.3. The second-order valence-electron chi connectivity index (χ2n) is 7.00. The number of rotatable bonds is 4. The van der Waals surface area contributed by atoms with Gasteiger partial charge in [-0.05, 0) is 58.6 Å². The van der Waals surface area contributed by atoms with E-state index in [0.29, 0.717) is 25.7 Å². The van der Waals surface area contributed by atoms with E-state index in [1.807, 2.05) is 20.8 Å². The first-order chi connectivity index (χ1) is 11.2. The molecule has 1 amide bonds. The average molecular weight is 355 g/mol. The van der Waals surface area contributed by atoms with E-state index in [9.17, 15) is 13.2 Å². The Morgan fingerprint density at radius 1 is 1.21 bits per heavy atom. The number of sulfonamides is 1. The summed E-state index contributed by atoms with van der Waals surface area (Å²) in [5, 5.41) is 2.84. The van der Waals surface area contributed by atoms with Crippen molar-refractivity contribution < 1.29 is 17.9 Å². The lowest BCUT2D eigenvalue weighted by atomic mass is 9.92. The molecule has 0 saturated heterocycles. The van der Waals surface area contributed by atoms with Crippen LogP contribution >= 0.6 is 0 Å². The van der Waals surface area contributed by atoms with Crippen molar-refractivity contribution in [3.05, 3.63) is 24.5 Å². The van der Waals surface area contributed by atoms with Gasteiger partial charge in [0.05, 0.1) is 0 Å². The first-order valence-corrected chi connectivity index (χ1v) is 9.56. The number of hydrogen-bond acceptors (Lipinski definition) is 5. The molecular formula is C16H25N3O4S. The highest BCUT2D eigenvalue weighted by Gasteiger charge is 2.27. The van der Waals surface area contributed by atoms with Crippen LogP contribution in [0.4, 0.5) is 4.79 Å². The lowest BCUT2D eigenvalue weighted by molar-refractivity contribution is 0.0490. The molecule has 8 heteroatoms. The Morgan fingerprint density at radius 3 is 2.38 bits per heavy atom. The van der Waals surface area contributed by atoms with Crippen LogP contribution in [0.25, 0.3) is 0 Å². The number of hydrogen-bond donors (Lipinski definition) is 2. The molecule has 0 radical (unpaired) electrons. The zero-order valence-electron chi connectivity index (χ0n) is 14.3. The third-order valence-electron chi connectivity index (χ3n) is 3.71. The van der Waals surface area contributed by atoms with Gasteiger partial charge in [-0.15, -0.1) is 0 Å². The van der Waals surface area contributed by atoms with Gasteiger partial charge in [0.2, 0.25) is 10.0 Å². The fourth-order valence-electron chi connectivity index (χ4n) is 2.62. The van der Waals surface area contributed by atoms with Gasteiger partial charge in [-0.25, -0.2) is 17.9 Å². The Kier molecular flexibility index (Phi) is 5.82. The summed E-state index contributed by atoms with van der Waals surface area (Å²) in [4.78, 5) is 15.8. The lowest BCUT2D eigenvalue weighted by Crippen LogP contribution is -2.45. The number of pyridine rings is 1. The molecule has 0 spiro atoms. The second-order valence-corrected chi connectivity index (χ2v) is 8.72. The molecule has 0 atom stereocenters. The quantitative estimate of drug-likeness (QED) is 0.863. The SMILES string of the molecule is CC(C)(C)OC(=O)NC1CCC(NS(=O)(=O)c2cccnc2)CC1. The highest BCUT2D eigenvalue weighted by atomic mass is 32.2. The number of carbonyl (C=O) groups is 1. The second kappa shape index (κ2) is 7.48. The summed E-state index contributed by atoms with van der Waals surface area (Å²) in [6.07, 6.45) is 5.19. The third kappa shape index (κ3) is 5.76. The van der Waals surface area contributed by atoms with E-state index in [-0.39, 0.29) is 17.0 Å². The van der Waals surface area contributed by atoms with Crippen LogP contribution in [0.2, 0.25) is 0 Å². The molecule has 2 rings (SSSR count). The zero-order valence-corrected chi connectivity index (χ0v) is 15.1. The molecule has 1 fully saturated rings. The van der Waals surface area contributed by atoms with Gasteiger partial charge in [-0.2, -0.15) is 0 Å². The van der Waals surface area contributed by atoms with E-state index in [4.69, 9.17) is 4.74 Å². The van der Waals surface area contributed by atoms with Gasteiger partial charge in [-0.3, -0.25) is 4.98 Å². The zero-order chi connectivity index (χ0) is 17.8. The summed E-state index contributed by atoms with van der Waals surface area (Å²) in [7, 11) is -3.55. The molecule has 1 aromatic heterocycles. The molecule has 0 aromatic carbocycles. The smallest absolute Gasteiger partial charge is 0.407 e. The molecule has 24 heavy (non-hydrogen) atoms. The first-order valence-electron chi connectivity index (χ1n) is 8.07. The van der Waals surface area contributed by atoms with Crippen molar-refractivity contribution in [2.45, 2.75) is 69.0 Å². The molecule has 1 aliphatic carbocycles. The van der Waals surface area contributed by atoms with Gasteiger partial charge in [0.25, 0.3) is 0 Å². The van der Waals surface area contributed by atoms with E-state index < -0.39 is 21.7 Å². The van der Waals surface area contributed by atoms with Crippen LogP contribution in [-0.4, -0.2) is 37.2 Å². The molecule has 1 aliphatic rings. The third-order valence-corrected chi connectivity index (χ3v) is 5.22. The van der Waals surface area contributed by atoms with Gasteiger partial charge >= 0.3 is 6.09 Å². The average Bonchev–Trinajstić information content (AvgIpc) is 2.48. The standard InChI is InChI=1S/C16H25N3O4S/c1-16(2,3)23-15(20)18-12-6-8-13(9-7-12)19-24(21,22)14-5-4-10-17-11-14/h4-5,10-13,19H,6-9H2,1-3H3,(H,18,20). The largest absolute Gasteiger partial charge is 0.444 e. The minimum Gasteiger partial charge on any atom is -0.444 e. The van der Waals surface area contributed by atoms with Crippen LogP contribution in [0.1, 0.15) is 46.5 Å². The number of amides is 1. The fourth-order valence-corrected chi connectivity index (χ4v) is 3.89. The van der Waals surface area contributed by atoms with Crippen molar-refractivity contribution >= 4 is 16.1 Å². The Labute approximate surface area is 143 Å². The molecule has 1 aromatic rings. The maximum Gasteiger partial charge on any atom is 0.407 e. The van der Waals surface area contributed by atoms with Crippen LogP contribution in [-0.2, 0) is 14.8 Å². The van der Waals surface area contributed by atoms with Crippen molar-refractivity contribution in [1.82, 2.24) is 15.0 Å². The van der Waals surface area contributed by atoms with Gasteiger partial charge < -0.3 is 10.1 Å². The van der Waals surface area contributed by atoms with E-state index in [1.54, 1.807) is 6.07 Å². The number of nitrogens with zero attached hydrogens (tertiary/aromatic N) is 1. The van der Waals surface area contributed by atoms with Gasteiger partial charge in [0, 0.05) is 24.5 Å². The molecule has 1 saturated carbocycles. The van der Waals surface area contributed by atoms with Crippen molar-refractivity contribution in [1.29, 1.82) is 0 Å². The van der Waals surface area contributed by atoms with Crippen molar-refractivity contribution in [2.75, 3.05) is 0 Å². The Balaban J connectivity index is 1.82. The van der Waals surface area contributed by atoms with Crippen LogP contribution in [0, 0.1) is 0 Å². The topological polar surface area (TPSA) is 97.4 Å². The Hall–Kier alpha value is -1.67. The summed E-state index contributed by atoms with van der Waals surface area (Å²) >= 11 is 0. The number of ether oxygens (including phenoxy) is 1. The summed E-state index contributed by atoms with van der Waals surface area (Å²) in [6.45, 7) is 5.45. The number of alkyl carbamates (subject to hydrolysis) is 1. The van der Waals surface area contributed by atoms with Crippen molar-refractivity contribution in [2.24, 2.45) is 0 Å². The van der Waals surface area contributed by atoms with Crippen molar-refractivity contribution in [3.8, 4) is 0 Å².